The van der Waals surface area contributed by atoms with Gasteiger partial charge in [0.05, 0.1) is 28.7 Å². The SMILES string of the molecule is N=C(C1=CC(=N)C(N)C=C1)c1c(NC2CCCC2)cc[nH]c1=O. The van der Waals surface area contributed by atoms with Crippen molar-refractivity contribution in [2.75, 3.05) is 5.32 Å². The average molecular weight is 311 g/mol. The van der Waals surface area contributed by atoms with Gasteiger partial charge >= 0.3 is 0 Å². The van der Waals surface area contributed by atoms with Gasteiger partial charge in [0.1, 0.15) is 0 Å². The van der Waals surface area contributed by atoms with Crippen LogP contribution >= 0.6 is 0 Å². The Labute approximate surface area is 134 Å². The van der Waals surface area contributed by atoms with E-state index in [1.165, 1.54) is 12.8 Å². The third-order valence-corrected chi connectivity index (χ3v) is 4.37. The molecule has 6 heteroatoms. The zero-order chi connectivity index (χ0) is 16.4. The molecule has 0 spiro atoms. The van der Waals surface area contributed by atoms with Gasteiger partial charge in [0.25, 0.3) is 5.56 Å². The lowest BCUT2D eigenvalue weighted by Gasteiger charge is -2.18. The molecule has 0 aromatic carbocycles. The van der Waals surface area contributed by atoms with E-state index in [1.807, 2.05) is 0 Å². The molecule has 0 aliphatic heterocycles. The van der Waals surface area contributed by atoms with Crippen LogP contribution in [0.15, 0.2) is 40.9 Å². The Morgan fingerprint density at radius 1 is 1.35 bits per heavy atom. The molecular formula is C17H21N5O. The van der Waals surface area contributed by atoms with Crippen LogP contribution in [0.3, 0.4) is 0 Å². The molecule has 2 aliphatic rings. The maximum atomic E-state index is 12.3. The molecule has 23 heavy (non-hydrogen) atoms. The predicted octanol–water partition coefficient (Wildman–Crippen LogP) is 1.94. The Kier molecular flexibility index (Phi) is 4.25. The number of allylic oxidation sites excluding steroid dienone is 2. The number of aromatic nitrogens is 1. The van der Waals surface area contributed by atoms with E-state index >= 15 is 0 Å². The molecule has 2 aliphatic carbocycles. The van der Waals surface area contributed by atoms with Crippen LogP contribution in [0.4, 0.5) is 5.69 Å². The second kappa shape index (κ2) is 6.34. The zero-order valence-electron chi connectivity index (χ0n) is 12.9. The van der Waals surface area contributed by atoms with Crippen LogP contribution in [0.5, 0.6) is 0 Å². The standard InChI is InChI=1S/C17H21N5O/c18-12-6-5-10(9-13(12)19)16(20)15-14(7-8-21-17(15)23)22-11-3-1-2-4-11/h5-9,11-12,19-20H,1-4,18H2,(H2,21,22,23). The van der Waals surface area contributed by atoms with Crippen LogP contribution in [0.25, 0.3) is 0 Å². The fourth-order valence-corrected chi connectivity index (χ4v) is 3.06. The van der Waals surface area contributed by atoms with Crippen LogP contribution in [-0.2, 0) is 0 Å². The molecule has 1 aromatic heterocycles. The number of rotatable bonds is 4. The number of pyridine rings is 1. The fraction of sp³-hybridized carbons (Fsp3) is 0.353. The van der Waals surface area contributed by atoms with E-state index in [0.717, 1.165) is 12.8 Å². The number of H-pyrrole nitrogens is 1. The van der Waals surface area contributed by atoms with E-state index < -0.39 is 6.04 Å². The van der Waals surface area contributed by atoms with Gasteiger partial charge in [-0.05, 0) is 25.0 Å². The normalized spacial score (nSPS) is 21.3. The third kappa shape index (κ3) is 3.17. The summed E-state index contributed by atoms with van der Waals surface area (Å²) in [7, 11) is 0. The van der Waals surface area contributed by atoms with Crippen molar-refractivity contribution in [3.8, 4) is 0 Å². The molecule has 1 atom stereocenters. The Bertz CT molecular complexity index is 752. The summed E-state index contributed by atoms with van der Waals surface area (Å²) < 4.78 is 0. The van der Waals surface area contributed by atoms with Crippen LogP contribution in [0.1, 0.15) is 31.2 Å². The Balaban J connectivity index is 1.94. The van der Waals surface area contributed by atoms with Crippen molar-refractivity contribution < 1.29 is 0 Å². The van der Waals surface area contributed by atoms with E-state index in [1.54, 1.807) is 30.5 Å². The molecule has 6 nitrogen and oxygen atoms in total. The maximum Gasteiger partial charge on any atom is 0.259 e. The van der Waals surface area contributed by atoms with Crippen molar-refractivity contribution in [3.63, 3.8) is 0 Å². The maximum absolute atomic E-state index is 12.3. The van der Waals surface area contributed by atoms with E-state index in [2.05, 4.69) is 10.3 Å². The summed E-state index contributed by atoms with van der Waals surface area (Å²) in [5.41, 5.74) is 7.33. The summed E-state index contributed by atoms with van der Waals surface area (Å²) in [6.07, 6.45) is 11.1. The highest BCUT2D eigenvalue weighted by Gasteiger charge is 2.21. The van der Waals surface area contributed by atoms with Crippen molar-refractivity contribution in [3.05, 3.63) is 52.0 Å². The largest absolute Gasteiger partial charge is 0.382 e. The lowest BCUT2D eigenvalue weighted by molar-refractivity contribution is 0.754. The lowest BCUT2D eigenvalue weighted by atomic mass is 9.94. The van der Waals surface area contributed by atoms with Crippen molar-refractivity contribution in [1.82, 2.24) is 4.98 Å². The van der Waals surface area contributed by atoms with E-state index in [-0.39, 0.29) is 17.0 Å². The van der Waals surface area contributed by atoms with Crippen molar-refractivity contribution in [2.24, 2.45) is 5.73 Å². The van der Waals surface area contributed by atoms with Gasteiger partial charge in [-0.1, -0.05) is 25.0 Å². The minimum absolute atomic E-state index is 0.111. The molecule has 1 aromatic rings. The summed E-state index contributed by atoms with van der Waals surface area (Å²) in [4.78, 5) is 14.9. The fourth-order valence-electron chi connectivity index (χ4n) is 3.06. The van der Waals surface area contributed by atoms with E-state index in [0.29, 0.717) is 22.9 Å². The minimum atomic E-state index is -0.448. The minimum Gasteiger partial charge on any atom is -0.382 e. The number of aromatic amines is 1. The summed E-state index contributed by atoms with van der Waals surface area (Å²) in [6, 6.07) is 1.70. The molecular weight excluding hydrogens is 290 g/mol. The first-order valence-corrected chi connectivity index (χ1v) is 7.87. The van der Waals surface area contributed by atoms with Gasteiger partial charge < -0.3 is 21.4 Å². The molecule has 0 radical (unpaired) electrons. The predicted molar refractivity (Wildman–Crippen MR) is 92.7 cm³/mol. The second-order valence-corrected chi connectivity index (χ2v) is 6.04. The molecule has 0 saturated heterocycles. The Morgan fingerprint density at radius 2 is 2.09 bits per heavy atom. The number of hydrogen-bond acceptors (Lipinski definition) is 5. The molecule has 1 heterocycles. The monoisotopic (exact) mass is 311 g/mol. The zero-order valence-corrected chi connectivity index (χ0v) is 12.9. The first-order chi connectivity index (χ1) is 11.1. The van der Waals surface area contributed by atoms with Crippen LogP contribution in [0, 0.1) is 10.8 Å². The van der Waals surface area contributed by atoms with Crippen molar-refractivity contribution in [1.29, 1.82) is 10.8 Å². The average Bonchev–Trinajstić information content (AvgIpc) is 3.03. The van der Waals surface area contributed by atoms with Crippen LogP contribution in [-0.4, -0.2) is 28.5 Å². The second-order valence-electron chi connectivity index (χ2n) is 6.04. The highest BCUT2D eigenvalue weighted by atomic mass is 16.1. The summed E-state index contributed by atoms with van der Waals surface area (Å²) in [5, 5.41) is 19.6. The highest BCUT2D eigenvalue weighted by Crippen LogP contribution is 2.24. The van der Waals surface area contributed by atoms with Gasteiger partial charge in [-0.3, -0.25) is 10.2 Å². The highest BCUT2D eigenvalue weighted by molar-refractivity contribution is 6.19. The smallest absolute Gasteiger partial charge is 0.259 e. The van der Waals surface area contributed by atoms with Crippen molar-refractivity contribution in [2.45, 2.75) is 37.8 Å². The molecule has 1 unspecified atom stereocenters. The first kappa shape index (κ1) is 15.4. The Hall–Kier alpha value is -2.47. The molecule has 0 bridgehead atoms. The summed E-state index contributed by atoms with van der Waals surface area (Å²) in [5.74, 6) is 0. The molecule has 120 valence electrons. The van der Waals surface area contributed by atoms with Gasteiger partial charge in [-0.15, -0.1) is 0 Å². The van der Waals surface area contributed by atoms with Gasteiger partial charge in [0.15, 0.2) is 0 Å². The number of nitrogens with one attached hydrogen (secondary N) is 4. The van der Waals surface area contributed by atoms with E-state index in [9.17, 15) is 4.79 Å². The van der Waals surface area contributed by atoms with E-state index in [4.69, 9.17) is 16.6 Å². The topological polar surface area (TPSA) is 119 Å². The quantitative estimate of drug-likeness (QED) is 0.547. The van der Waals surface area contributed by atoms with Gasteiger partial charge in [-0.25, -0.2) is 0 Å². The van der Waals surface area contributed by atoms with Crippen molar-refractivity contribution >= 4 is 17.1 Å². The number of hydrogen-bond donors (Lipinski definition) is 5. The molecule has 3 rings (SSSR count). The number of anilines is 1. The molecule has 0 amide bonds. The van der Waals surface area contributed by atoms with Crippen LogP contribution < -0.4 is 16.6 Å². The number of nitrogens with two attached hydrogens (primary N) is 1. The van der Waals surface area contributed by atoms with Gasteiger partial charge in [0.2, 0.25) is 0 Å². The first-order valence-electron chi connectivity index (χ1n) is 7.87. The molecule has 6 N–H and O–H groups in total. The summed E-state index contributed by atoms with van der Waals surface area (Å²) >= 11 is 0. The Morgan fingerprint density at radius 3 is 2.78 bits per heavy atom. The van der Waals surface area contributed by atoms with Crippen LogP contribution in [0.2, 0.25) is 0 Å². The summed E-state index contributed by atoms with van der Waals surface area (Å²) in [6.45, 7) is 0. The van der Waals surface area contributed by atoms with Gasteiger partial charge in [-0.2, -0.15) is 0 Å². The lowest BCUT2D eigenvalue weighted by Crippen LogP contribution is -2.30. The molecule has 1 fully saturated rings. The third-order valence-electron chi connectivity index (χ3n) is 4.37. The van der Waals surface area contributed by atoms with Gasteiger partial charge in [0, 0.05) is 17.8 Å². The molecule has 1 saturated carbocycles.